The minimum absolute atomic E-state index is 0.213. The van der Waals surface area contributed by atoms with Gasteiger partial charge in [0.2, 0.25) is 0 Å². The maximum absolute atomic E-state index is 12.3. The van der Waals surface area contributed by atoms with E-state index in [-0.39, 0.29) is 5.91 Å². The molecule has 1 aliphatic heterocycles. The first-order valence-corrected chi connectivity index (χ1v) is 9.19. The van der Waals surface area contributed by atoms with E-state index in [0.29, 0.717) is 15.7 Å². The summed E-state index contributed by atoms with van der Waals surface area (Å²) in [6.45, 7) is 3.29. The third-order valence-corrected chi connectivity index (χ3v) is 5.22. The van der Waals surface area contributed by atoms with Crippen molar-refractivity contribution in [2.24, 2.45) is 0 Å². The lowest BCUT2D eigenvalue weighted by atomic mass is 10.2. The van der Waals surface area contributed by atoms with Crippen molar-refractivity contribution in [3.63, 3.8) is 0 Å². The quantitative estimate of drug-likeness (QED) is 0.752. The lowest BCUT2D eigenvalue weighted by Gasteiger charge is -2.28. The van der Waals surface area contributed by atoms with Crippen molar-refractivity contribution >= 4 is 49.9 Å². The molecule has 5 nitrogen and oxygen atoms in total. The van der Waals surface area contributed by atoms with Gasteiger partial charge in [-0.1, -0.05) is 29.0 Å². The van der Waals surface area contributed by atoms with E-state index in [4.69, 9.17) is 16.3 Å². The number of nitrogens with zero attached hydrogens (tertiary/aromatic N) is 2. The molecule has 1 aromatic heterocycles. The van der Waals surface area contributed by atoms with Crippen molar-refractivity contribution in [2.75, 3.05) is 36.5 Å². The summed E-state index contributed by atoms with van der Waals surface area (Å²) in [5, 5.41) is 3.97. The number of carbonyl (C=O) groups is 1. The predicted octanol–water partition coefficient (Wildman–Crippen LogP) is 4.04. The minimum atomic E-state index is -0.213. The summed E-state index contributed by atoms with van der Waals surface area (Å²) in [6, 6.07) is 13.0. The van der Waals surface area contributed by atoms with Crippen molar-refractivity contribution in [3.05, 3.63) is 53.1 Å². The van der Waals surface area contributed by atoms with Gasteiger partial charge in [-0.2, -0.15) is 0 Å². The van der Waals surface area contributed by atoms with Crippen LogP contribution in [0.25, 0.3) is 10.2 Å². The number of aromatic nitrogens is 1. The molecule has 4 rings (SSSR count). The Bertz CT molecular complexity index is 922. The number of fused-ring (bicyclic) bond motifs is 1. The van der Waals surface area contributed by atoms with Crippen LogP contribution in [0.15, 0.2) is 42.5 Å². The van der Waals surface area contributed by atoms with E-state index in [9.17, 15) is 4.79 Å². The van der Waals surface area contributed by atoms with Gasteiger partial charge in [0, 0.05) is 29.4 Å². The molecule has 0 atom stereocenters. The Balaban J connectivity index is 1.55. The summed E-state index contributed by atoms with van der Waals surface area (Å²) < 4.78 is 6.45. The van der Waals surface area contributed by atoms with Crippen LogP contribution >= 0.6 is 22.9 Å². The van der Waals surface area contributed by atoms with E-state index >= 15 is 0 Å². The fourth-order valence-corrected chi connectivity index (χ4v) is 3.87. The number of benzene rings is 2. The topological polar surface area (TPSA) is 54.5 Å². The smallest absolute Gasteiger partial charge is 0.257 e. The number of thiazole rings is 1. The zero-order valence-electron chi connectivity index (χ0n) is 13.4. The number of amides is 1. The Hall–Kier alpha value is -2.15. The molecule has 0 spiro atoms. The highest BCUT2D eigenvalue weighted by atomic mass is 35.5. The number of ether oxygens (including phenoxy) is 1. The van der Waals surface area contributed by atoms with Gasteiger partial charge in [-0.15, -0.1) is 0 Å². The summed E-state index contributed by atoms with van der Waals surface area (Å²) in [7, 11) is 0. The van der Waals surface area contributed by atoms with Gasteiger partial charge in [0.1, 0.15) is 0 Å². The summed E-state index contributed by atoms with van der Waals surface area (Å²) in [5.74, 6) is -0.213. The number of hydrogen-bond donors (Lipinski definition) is 1. The second-order valence-corrected chi connectivity index (χ2v) is 7.20. The molecule has 1 amide bonds. The van der Waals surface area contributed by atoms with Crippen LogP contribution in [0.4, 0.5) is 10.8 Å². The zero-order chi connectivity index (χ0) is 17.2. The van der Waals surface area contributed by atoms with Crippen molar-refractivity contribution in [3.8, 4) is 0 Å². The Labute approximate surface area is 154 Å². The number of carbonyl (C=O) groups excluding carboxylic acids is 1. The van der Waals surface area contributed by atoms with Crippen LogP contribution in [0.2, 0.25) is 5.02 Å². The lowest BCUT2D eigenvalue weighted by molar-refractivity contribution is 0.102. The summed E-state index contributed by atoms with van der Waals surface area (Å²) in [4.78, 5) is 19.1. The molecule has 2 heterocycles. The molecule has 0 radical (unpaired) electrons. The molecular weight excluding hydrogens is 358 g/mol. The van der Waals surface area contributed by atoms with E-state index < -0.39 is 0 Å². The van der Waals surface area contributed by atoms with E-state index in [1.165, 1.54) is 11.3 Å². The second-order valence-electron chi connectivity index (χ2n) is 5.73. The van der Waals surface area contributed by atoms with Gasteiger partial charge in [0.15, 0.2) is 5.13 Å². The van der Waals surface area contributed by atoms with Crippen molar-refractivity contribution in [2.45, 2.75) is 0 Å². The van der Waals surface area contributed by atoms with Crippen LogP contribution in [0.3, 0.4) is 0 Å². The van der Waals surface area contributed by atoms with Crippen LogP contribution < -0.4 is 10.2 Å². The predicted molar refractivity (Wildman–Crippen MR) is 102 cm³/mol. The van der Waals surface area contributed by atoms with Gasteiger partial charge in [-0.25, -0.2) is 4.98 Å². The molecule has 1 N–H and O–H groups in total. The average Bonchev–Trinajstić information content (AvgIpc) is 3.03. The number of anilines is 2. The van der Waals surface area contributed by atoms with E-state index in [1.807, 2.05) is 6.07 Å². The normalized spacial score (nSPS) is 14.7. The maximum atomic E-state index is 12.3. The van der Waals surface area contributed by atoms with Gasteiger partial charge >= 0.3 is 0 Å². The molecule has 0 saturated carbocycles. The van der Waals surface area contributed by atoms with Crippen LogP contribution in [0, 0.1) is 0 Å². The van der Waals surface area contributed by atoms with Gasteiger partial charge in [-0.05, 0) is 36.4 Å². The molecule has 2 aromatic carbocycles. The van der Waals surface area contributed by atoms with E-state index in [1.54, 1.807) is 24.3 Å². The first-order valence-electron chi connectivity index (χ1n) is 7.99. The van der Waals surface area contributed by atoms with Gasteiger partial charge in [0.25, 0.3) is 5.91 Å². The number of rotatable bonds is 3. The average molecular weight is 374 g/mol. The van der Waals surface area contributed by atoms with Crippen LogP contribution in [0.5, 0.6) is 0 Å². The second kappa shape index (κ2) is 7.00. The fourth-order valence-electron chi connectivity index (χ4n) is 2.78. The SMILES string of the molecule is O=C(Nc1nc2ccc(N3CCOCC3)cc2s1)c1cccc(Cl)c1. The third kappa shape index (κ3) is 3.61. The molecular formula is C18H16ClN3O2S. The maximum Gasteiger partial charge on any atom is 0.257 e. The number of nitrogens with one attached hydrogen (secondary N) is 1. The number of halogens is 1. The first kappa shape index (κ1) is 16.3. The lowest BCUT2D eigenvalue weighted by Crippen LogP contribution is -2.36. The van der Waals surface area contributed by atoms with E-state index in [0.717, 1.165) is 42.2 Å². The molecule has 0 aliphatic carbocycles. The molecule has 1 fully saturated rings. The third-order valence-electron chi connectivity index (χ3n) is 4.06. The van der Waals surface area contributed by atoms with Crippen LogP contribution in [-0.4, -0.2) is 37.2 Å². The Kier molecular flexibility index (Phi) is 4.57. The number of hydrogen-bond acceptors (Lipinski definition) is 5. The molecule has 0 unspecified atom stereocenters. The fraction of sp³-hybridized carbons (Fsp3) is 0.222. The van der Waals surface area contributed by atoms with Gasteiger partial charge in [-0.3, -0.25) is 10.1 Å². The molecule has 1 aliphatic rings. The summed E-state index contributed by atoms with van der Waals surface area (Å²) in [6.07, 6.45) is 0. The molecule has 128 valence electrons. The molecule has 1 saturated heterocycles. The van der Waals surface area contributed by atoms with Crippen LogP contribution in [-0.2, 0) is 4.74 Å². The highest BCUT2D eigenvalue weighted by Gasteiger charge is 2.14. The van der Waals surface area contributed by atoms with Crippen molar-refractivity contribution in [1.82, 2.24) is 4.98 Å². The summed E-state index contributed by atoms with van der Waals surface area (Å²) >= 11 is 7.41. The Morgan fingerprint density at radius 2 is 2.04 bits per heavy atom. The monoisotopic (exact) mass is 373 g/mol. The molecule has 7 heteroatoms. The minimum Gasteiger partial charge on any atom is -0.378 e. The summed E-state index contributed by atoms with van der Waals surface area (Å²) in [5.41, 5.74) is 2.55. The highest BCUT2D eigenvalue weighted by Crippen LogP contribution is 2.30. The Morgan fingerprint density at radius 1 is 1.20 bits per heavy atom. The van der Waals surface area contributed by atoms with Crippen molar-refractivity contribution < 1.29 is 9.53 Å². The molecule has 0 bridgehead atoms. The largest absolute Gasteiger partial charge is 0.378 e. The number of morpholine rings is 1. The van der Waals surface area contributed by atoms with Crippen LogP contribution in [0.1, 0.15) is 10.4 Å². The molecule has 25 heavy (non-hydrogen) atoms. The van der Waals surface area contributed by atoms with Crippen molar-refractivity contribution in [1.29, 1.82) is 0 Å². The van der Waals surface area contributed by atoms with E-state index in [2.05, 4.69) is 27.3 Å². The van der Waals surface area contributed by atoms with Gasteiger partial charge in [0.05, 0.1) is 23.4 Å². The first-order chi connectivity index (χ1) is 12.2. The zero-order valence-corrected chi connectivity index (χ0v) is 14.9. The molecule has 3 aromatic rings. The Morgan fingerprint density at radius 3 is 2.84 bits per heavy atom. The standard InChI is InChI=1S/C18H16ClN3O2S/c19-13-3-1-2-12(10-13)17(23)21-18-20-15-5-4-14(11-16(15)25-18)22-6-8-24-9-7-22/h1-5,10-11H,6-9H2,(H,20,21,23). The van der Waals surface area contributed by atoms with Gasteiger partial charge < -0.3 is 9.64 Å². The highest BCUT2D eigenvalue weighted by molar-refractivity contribution is 7.22.